The molecule has 0 spiro atoms. The van der Waals surface area contributed by atoms with Crippen molar-refractivity contribution in [3.63, 3.8) is 0 Å². The molecule has 0 radical (unpaired) electrons. The van der Waals surface area contributed by atoms with Gasteiger partial charge in [-0.1, -0.05) is 48.7 Å². The Morgan fingerprint density at radius 1 is 1.16 bits per heavy atom. The molecule has 0 fully saturated rings. The highest BCUT2D eigenvalue weighted by atomic mass is 35.5. The summed E-state index contributed by atoms with van der Waals surface area (Å²) in [6, 6.07) is 3.06. The topological polar surface area (TPSA) is 38.3 Å². The first-order valence-corrected chi connectivity index (χ1v) is 7.01. The van der Waals surface area contributed by atoms with Crippen LogP contribution in [0.15, 0.2) is 12.1 Å². The predicted octanol–water partition coefficient (Wildman–Crippen LogP) is 4.19. The van der Waals surface area contributed by atoms with Crippen molar-refractivity contribution < 1.29 is 9.53 Å². The van der Waals surface area contributed by atoms with Crippen LogP contribution in [0.3, 0.4) is 0 Å². The molecule has 0 saturated heterocycles. The van der Waals surface area contributed by atoms with Crippen LogP contribution >= 0.6 is 34.8 Å². The van der Waals surface area contributed by atoms with Gasteiger partial charge in [0.2, 0.25) is 0 Å². The van der Waals surface area contributed by atoms with E-state index in [2.05, 4.69) is 5.32 Å². The van der Waals surface area contributed by atoms with Gasteiger partial charge < -0.3 is 10.1 Å². The van der Waals surface area contributed by atoms with Crippen LogP contribution in [0.25, 0.3) is 0 Å². The Balaban J connectivity index is 2.58. The van der Waals surface area contributed by atoms with Crippen LogP contribution in [0.1, 0.15) is 20.8 Å². The molecule has 1 amide bonds. The fraction of sp³-hybridized carbons (Fsp3) is 0.462. The summed E-state index contributed by atoms with van der Waals surface area (Å²) in [6.07, 6.45) is 0. The Morgan fingerprint density at radius 2 is 1.74 bits per heavy atom. The lowest BCUT2D eigenvalue weighted by Crippen LogP contribution is -2.38. The maximum atomic E-state index is 11.7. The van der Waals surface area contributed by atoms with Crippen molar-refractivity contribution in [3.05, 3.63) is 27.2 Å². The lowest BCUT2D eigenvalue weighted by molar-refractivity contribution is -0.123. The van der Waals surface area contributed by atoms with E-state index in [1.165, 1.54) is 12.1 Å². The lowest BCUT2D eigenvalue weighted by atomic mass is 10.1. The number of hydrogen-bond donors (Lipinski definition) is 1. The molecule has 1 rings (SSSR count). The number of amides is 1. The van der Waals surface area contributed by atoms with Gasteiger partial charge in [0.1, 0.15) is 5.75 Å². The zero-order valence-corrected chi connectivity index (χ0v) is 13.2. The van der Waals surface area contributed by atoms with E-state index in [1.807, 2.05) is 20.8 Å². The summed E-state index contributed by atoms with van der Waals surface area (Å²) in [5.41, 5.74) is 0. The molecule has 1 atom stereocenters. The van der Waals surface area contributed by atoms with Crippen molar-refractivity contribution in [1.82, 2.24) is 5.32 Å². The molecular formula is C13H16Cl3NO2. The Morgan fingerprint density at radius 3 is 2.32 bits per heavy atom. The monoisotopic (exact) mass is 323 g/mol. The molecule has 0 aliphatic heterocycles. The fourth-order valence-electron chi connectivity index (χ4n) is 1.22. The minimum absolute atomic E-state index is 0.0837. The van der Waals surface area contributed by atoms with Crippen molar-refractivity contribution in [2.24, 2.45) is 5.92 Å². The standard InChI is InChI=1S/C13H16Cl3NO2/c1-7(2)8(3)17-13(18)6-19-12-5-10(15)9(14)4-11(12)16/h4-5,7-8H,6H2,1-3H3,(H,17,18)/t8-/m0/s1. The van der Waals surface area contributed by atoms with Crippen molar-refractivity contribution in [1.29, 1.82) is 0 Å². The summed E-state index contributed by atoms with van der Waals surface area (Å²) in [4.78, 5) is 11.7. The molecule has 0 saturated carbocycles. The van der Waals surface area contributed by atoms with Gasteiger partial charge in [-0.2, -0.15) is 0 Å². The summed E-state index contributed by atoms with van der Waals surface area (Å²) in [7, 11) is 0. The molecule has 0 aromatic heterocycles. The molecule has 3 nitrogen and oxygen atoms in total. The van der Waals surface area contributed by atoms with Crippen LogP contribution in [-0.2, 0) is 4.79 Å². The first kappa shape index (κ1) is 16.4. The van der Waals surface area contributed by atoms with Crippen molar-refractivity contribution in [3.8, 4) is 5.75 Å². The molecule has 106 valence electrons. The highest BCUT2D eigenvalue weighted by Crippen LogP contribution is 2.33. The Hall–Kier alpha value is -0.640. The maximum absolute atomic E-state index is 11.7. The number of benzene rings is 1. The molecular weight excluding hydrogens is 309 g/mol. The summed E-state index contributed by atoms with van der Waals surface area (Å²) < 4.78 is 5.33. The van der Waals surface area contributed by atoms with Crippen LogP contribution in [0, 0.1) is 5.92 Å². The lowest BCUT2D eigenvalue weighted by Gasteiger charge is -2.17. The maximum Gasteiger partial charge on any atom is 0.258 e. The molecule has 1 aromatic rings. The fourth-order valence-corrected chi connectivity index (χ4v) is 1.81. The highest BCUT2D eigenvalue weighted by Gasteiger charge is 2.13. The summed E-state index contributed by atoms with van der Waals surface area (Å²) in [5, 5.41) is 3.82. The first-order valence-electron chi connectivity index (χ1n) is 5.88. The van der Waals surface area contributed by atoms with Gasteiger partial charge >= 0.3 is 0 Å². The minimum atomic E-state index is -0.205. The first-order chi connectivity index (χ1) is 8.81. The third-order valence-electron chi connectivity index (χ3n) is 2.72. The number of hydrogen-bond acceptors (Lipinski definition) is 2. The summed E-state index contributed by atoms with van der Waals surface area (Å²) in [5.74, 6) is 0.490. The number of ether oxygens (including phenoxy) is 1. The van der Waals surface area contributed by atoms with E-state index in [0.29, 0.717) is 26.7 Å². The van der Waals surface area contributed by atoms with Crippen LogP contribution in [0.5, 0.6) is 5.75 Å². The quantitative estimate of drug-likeness (QED) is 0.825. The molecule has 19 heavy (non-hydrogen) atoms. The van der Waals surface area contributed by atoms with Crippen LogP contribution in [-0.4, -0.2) is 18.6 Å². The van der Waals surface area contributed by atoms with Gasteiger partial charge in [-0.25, -0.2) is 0 Å². The SMILES string of the molecule is CC(C)[C@H](C)NC(=O)COc1cc(Cl)c(Cl)cc1Cl. The van der Waals surface area contributed by atoms with E-state index in [-0.39, 0.29) is 18.6 Å². The van der Waals surface area contributed by atoms with E-state index >= 15 is 0 Å². The zero-order valence-electron chi connectivity index (χ0n) is 11.0. The number of nitrogens with one attached hydrogen (secondary N) is 1. The van der Waals surface area contributed by atoms with Crippen molar-refractivity contribution in [2.45, 2.75) is 26.8 Å². The normalized spacial score (nSPS) is 12.4. The van der Waals surface area contributed by atoms with Crippen molar-refractivity contribution in [2.75, 3.05) is 6.61 Å². The van der Waals surface area contributed by atoms with Gasteiger partial charge in [0.05, 0.1) is 15.1 Å². The van der Waals surface area contributed by atoms with Gasteiger partial charge in [0, 0.05) is 12.1 Å². The van der Waals surface area contributed by atoms with Gasteiger partial charge in [-0.3, -0.25) is 4.79 Å². The largest absolute Gasteiger partial charge is 0.482 e. The number of carbonyl (C=O) groups is 1. The molecule has 0 unspecified atom stereocenters. The third kappa shape index (κ3) is 5.09. The number of halogens is 3. The Bertz CT molecular complexity index is 463. The van der Waals surface area contributed by atoms with E-state index in [4.69, 9.17) is 39.5 Å². The second kappa shape index (κ2) is 7.22. The summed E-state index contributed by atoms with van der Waals surface area (Å²) in [6.45, 7) is 5.88. The Labute approximate surface area is 128 Å². The summed E-state index contributed by atoms with van der Waals surface area (Å²) >= 11 is 17.6. The second-order valence-electron chi connectivity index (χ2n) is 4.59. The highest BCUT2D eigenvalue weighted by molar-refractivity contribution is 6.43. The average Bonchev–Trinajstić information content (AvgIpc) is 2.32. The average molecular weight is 325 g/mol. The van der Waals surface area contributed by atoms with Gasteiger partial charge in [-0.05, 0) is 18.9 Å². The smallest absolute Gasteiger partial charge is 0.258 e. The second-order valence-corrected chi connectivity index (χ2v) is 5.81. The predicted molar refractivity (Wildman–Crippen MR) is 79.4 cm³/mol. The Kier molecular flexibility index (Phi) is 6.24. The van der Waals surface area contributed by atoms with Crippen LogP contribution in [0.2, 0.25) is 15.1 Å². The zero-order chi connectivity index (χ0) is 14.6. The van der Waals surface area contributed by atoms with Crippen LogP contribution in [0.4, 0.5) is 0 Å². The molecule has 0 aliphatic carbocycles. The van der Waals surface area contributed by atoms with E-state index in [1.54, 1.807) is 0 Å². The molecule has 0 heterocycles. The van der Waals surface area contributed by atoms with E-state index < -0.39 is 0 Å². The van der Waals surface area contributed by atoms with E-state index in [9.17, 15) is 4.79 Å². The third-order valence-corrected chi connectivity index (χ3v) is 3.74. The molecule has 1 N–H and O–H groups in total. The van der Waals surface area contributed by atoms with Gasteiger partial charge in [0.25, 0.3) is 5.91 Å². The van der Waals surface area contributed by atoms with Gasteiger partial charge in [0.15, 0.2) is 6.61 Å². The van der Waals surface area contributed by atoms with Gasteiger partial charge in [-0.15, -0.1) is 0 Å². The molecule has 0 bridgehead atoms. The van der Waals surface area contributed by atoms with Crippen LogP contribution < -0.4 is 10.1 Å². The molecule has 0 aliphatic rings. The minimum Gasteiger partial charge on any atom is -0.482 e. The molecule has 1 aromatic carbocycles. The molecule has 6 heteroatoms. The number of carbonyl (C=O) groups excluding carboxylic acids is 1. The van der Waals surface area contributed by atoms with E-state index in [0.717, 1.165) is 0 Å². The van der Waals surface area contributed by atoms with Crippen molar-refractivity contribution >= 4 is 40.7 Å². The number of rotatable bonds is 5.